The molecule has 0 radical (unpaired) electrons. The molecule has 3 atom stereocenters. The first kappa shape index (κ1) is 25.8. The van der Waals surface area contributed by atoms with Gasteiger partial charge in [-0.15, -0.1) is 0 Å². The SMILES string of the molecule is CCN(c1cc(Cl)cc(C(=O)NCC2C(=O)NC(C)CC2C)c1C)C1CCN(C(C)C)CC1. The molecule has 6 nitrogen and oxygen atoms in total. The van der Waals surface area contributed by atoms with Gasteiger partial charge < -0.3 is 20.4 Å². The highest BCUT2D eigenvalue weighted by Gasteiger charge is 2.33. The van der Waals surface area contributed by atoms with E-state index in [2.05, 4.69) is 48.1 Å². The number of hydrogen-bond acceptors (Lipinski definition) is 4. The number of benzene rings is 1. The van der Waals surface area contributed by atoms with Crippen LogP contribution in [0.5, 0.6) is 0 Å². The van der Waals surface area contributed by atoms with Crippen molar-refractivity contribution < 1.29 is 9.59 Å². The Bertz CT molecular complexity index is 851. The minimum atomic E-state index is -0.206. The van der Waals surface area contributed by atoms with E-state index < -0.39 is 0 Å². The lowest BCUT2D eigenvalue weighted by Crippen LogP contribution is -2.50. The van der Waals surface area contributed by atoms with E-state index in [-0.39, 0.29) is 29.7 Å². The second-order valence-electron chi connectivity index (χ2n) is 10.2. The highest BCUT2D eigenvalue weighted by molar-refractivity contribution is 6.31. The van der Waals surface area contributed by atoms with Crippen LogP contribution >= 0.6 is 11.6 Å². The number of carbonyl (C=O) groups excluding carboxylic acids is 2. The van der Waals surface area contributed by atoms with E-state index in [4.69, 9.17) is 11.6 Å². The summed E-state index contributed by atoms with van der Waals surface area (Å²) >= 11 is 6.50. The smallest absolute Gasteiger partial charge is 0.251 e. The summed E-state index contributed by atoms with van der Waals surface area (Å²) in [6, 6.07) is 4.93. The highest BCUT2D eigenvalue weighted by Crippen LogP contribution is 2.32. The topological polar surface area (TPSA) is 64.7 Å². The Morgan fingerprint density at radius 3 is 2.52 bits per heavy atom. The molecule has 33 heavy (non-hydrogen) atoms. The summed E-state index contributed by atoms with van der Waals surface area (Å²) in [7, 11) is 0. The largest absolute Gasteiger partial charge is 0.368 e. The van der Waals surface area contributed by atoms with Crippen molar-refractivity contribution in [2.45, 2.75) is 78.9 Å². The third-order valence-corrected chi connectivity index (χ3v) is 7.75. The molecule has 7 heteroatoms. The van der Waals surface area contributed by atoms with Gasteiger partial charge in [0.2, 0.25) is 5.91 Å². The average Bonchev–Trinajstić information content (AvgIpc) is 2.75. The Kier molecular flexibility index (Phi) is 8.68. The van der Waals surface area contributed by atoms with Crippen molar-refractivity contribution >= 4 is 29.1 Å². The molecule has 1 aromatic rings. The number of halogens is 1. The summed E-state index contributed by atoms with van der Waals surface area (Å²) in [4.78, 5) is 30.5. The summed E-state index contributed by atoms with van der Waals surface area (Å²) in [6.45, 7) is 16.2. The zero-order valence-corrected chi connectivity index (χ0v) is 21.8. The molecule has 2 aliphatic heterocycles. The number of nitrogens with one attached hydrogen (secondary N) is 2. The molecule has 2 fully saturated rings. The minimum absolute atomic E-state index is 0.0231. The Hall–Kier alpha value is -1.79. The van der Waals surface area contributed by atoms with Crippen LogP contribution in [0, 0.1) is 18.8 Å². The maximum absolute atomic E-state index is 13.2. The number of hydrogen-bond donors (Lipinski definition) is 2. The van der Waals surface area contributed by atoms with Crippen LogP contribution in [-0.2, 0) is 4.79 Å². The molecule has 2 amide bonds. The number of carbonyl (C=O) groups is 2. The molecule has 184 valence electrons. The molecule has 2 saturated heterocycles. The Morgan fingerprint density at radius 2 is 1.94 bits per heavy atom. The minimum Gasteiger partial charge on any atom is -0.368 e. The zero-order valence-electron chi connectivity index (χ0n) is 21.1. The summed E-state index contributed by atoms with van der Waals surface area (Å²) < 4.78 is 0. The van der Waals surface area contributed by atoms with Gasteiger partial charge in [-0.25, -0.2) is 0 Å². The van der Waals surface area contributed by atoms with Crippen molar-refractivity contribution in [2.24, 2.45) is 11.8 Å². The fourth-order valence-electron chi connectivity index (χ4n) is 5.52. The molecule has 2 heterocycles. The number of piperidine rings is 2. The molecule has 2 N–H and O–H groups in total. The molecular weight excluding hydrogens is 436 g/mol. The second-order valence-corrected chi connectivity index (χ2v) is 10.6. The van der Waals surface area contributed by atoms with Crippen molar-refractivity contribution in [3.05, 3.63) is 28.3 Å². The normalized spacial score (nSPS) is 24.6. The van der Waals surface area contributed by atoms with E-state index in [1.807, 2.05) is 19.9 Å². The van der Waals surface area contributed by atoms with E-state index in [1.165, 1.54) is 0 Å². The lowest BCUT2D eigenvalue weighted by atomic mass is 9.84. The Balaban J connectivity index is 1.74. The summed E-state index contributed by atoms with van der Waals surface area (Å²) in [6.07, 6.45) is 3.13. The molecule has 0 spiro atoms. The number of rotatable bonds is 7. The van der Waals surface area contributed by atoms with Gasteiger partial charge in [-0.3, -0.25) is 9.59 Å². The van der Waals surface area contributed by atoms with E-state index >= 15 is 0 Å². The third-order valence-electron chi connectivity index (χ3n) is 7.53. The fourth-order valence-corrected chi connectivity index (χ4v) is 5.73. The molecule has 3 rings (SSSR count). The monoisotopic (exact) mass is 476 g/mol. The van der Waals surface area contributed by atoms with Gasteiger partial charge in [0, 0.05) is 60.6 Å². The van der Waals surface area contributed by atoms with Crippen LogP contribution in [0.2, 0.25) is 5.02 Å². The highest BCUT2D eigenvalue weighted by atomic mass is 35.5. The molecule has 0 aliphatic carbocycles. The van der Waals surface area contributed by atoms with Crippen LogP contribution in [0.4, 0.5) is 5.69 Å². The van der Waals surface area contributed by atoms with E-state index in [0.717, 1.165) is 50.1 Å². The predicted octanol–water partition coefficient (Wildman–Crippen LogP) is 4.24. The summed E-state index contributed by atoms with van der Waals surface area (Å²) in [5.74, 6) is -0.116. The van der Waals surface area contributed by atoms with Crippen molar-refractivity contribution in [1.82, 2.24) is 15.5 Å². The summed E-state index contributed by atoms with van der Waals surface area (Å²) in [5, 5.41) is 6.58. The molecule has 0 aromatic heterocycles. The molecule has 0 saturated carbocycles. The molecule has 0 bridgehead atoms. The van der Waals surface area contributed by atoms with Crippen LogP contribution in [0.25, 0.3) is 0 Å². The Labute approximate surface area is 204 Å². The van der Waals surface area contributed by atoms with Crippen LogP contribution < -0.4 is 15.5 Å². The fraction of sp³-hybridized carbons (Fsp3) is 0.692. The molecule has 1 aromatic carbocycles. The average molecular weight is 477 g/mol. The first-order chi connectivity index (χ1) is 15.6. The molecule has 3 unspecified atom stereocenters. The van der Waals surface area contributed by atoms with Gasteiger partial charge in [-0.2, -0.15) is 0 Å². The maximum atomic E-state index is 13.2. The van der Waals surface area contributed by atoms with E-state index in [9.17, 15) is 9.59 Å². The zero-order chi connectivity index (χ0) is 24.3. The molecule has 2 aliphatic rings. The van der Waals surface area contributed by atoms with Crippen LogP contribution in [0.3, 0.4) is 0 Å². The van der Waals surface area contributed by atoms with Crippen molar-refractivity contribution in [3.63, 3.8) is 0 Å². The van der Waals surface area contributed by atoms with Crippen molar-refractivity contribution in [1.29, 1.82) is 0 Å². The van der Waals surface area contributed by atoms with Gasteiger partial charge in [0.15, 0.2) is 0 Å². The van der Waals surface area contributed by atoms with Gasteiger partial charge in [0.05, 0.1) is 5.92 Å². The van der Waals surface area contributed by atoms with Gasteiger partial charge in [0.25, 0.3) is 5.91 Å². The number of nitrogens with zero attached hydrogens (tertiary/aromatic N) is 2. The lowest BCUT2D eigenvalue weighted by molar-refractivity contribution is -0.129. The van der Waals surface area contributed by atoms with Gasteiger partial charge in [-0.05, 0) is 77.5 Å². The predicted molar refractivity (Wildman–Crippen MR) is 136 cm³/mol. The van der Waals surface area contributed by atoms with Gasteiger partial charge >= 0.3 is 0 Å². The number of amides is 2. The van der Waals surface area contributed by atoms with Crippen molar-refractivity contribution in [3.8, 4) is 0 Å². The van der Waals surface area contributed by atoms with Crippen LogP contribution in [0.1, 0.15) is 69.8 Å². The second kappa shape index (κ2) is 11.1. The lowest BCUT2D eigenvalue weighted by Gasteiger charge is -2.41. The standard InChI is InChI=1S/C26H41ClN4O2/c1-7-31(21-8-10-30(11-9-21)16(2)3)24-14-20(27)13-22(19(24)6)25(32)28-15-23-17(4)12-18(5)29-26(23)33/h13-14,16-18,21,23H,7-12,15H2,1-6H3,(H,28,32)(H,29,33). The Morgan fingerprint density at radius 1 is 1.27 bits per heavy atom. The van der Waals surface area contributed by atoms with Crippen LogP contribution in [-0.4, -0.2) is 61.0 Å². The first-order valence-corrected chi connectivity index (χ1v) is 12.9. The maximum Gasteiger partial charge on any atom is 0.251 e. The summed E-state index contributed by atoms with van der Waals surface area (Å²) in [5.41, 5.74) is 2.57. The van der Waals surface area contributed by atoms with Crippen LogP contribution in [0.15, 0.2) is 12.1 Å². The quantitative estimate of drug-likeness (QED) is 0.617. The third kappa shape index (κ3) is 6.02. The van der Waals surface area contributed by atoms with E-state index in [0.29, 0.717) is 29.2 Å². The van der Waals surface area contributed by atoms with Gasteiger partial charge in [0.1, 0.15) is 0 Å². The molecular formula is C26H41ClN4O2. The van der Waals surface area contributed by atoms with Gasteiger partial charge in [-0.1, -0.05) is 18.5 Å². The first-order valence-electron chi connectivity index (χ1n) is 12.5. The number of anilines is 1. The van der Waals surface area contributed by atoms with Crippen molar-refractivity contribution in [2.75, 3.05) is 31.1 Å². The van der Waals surface area contributed by atoms with E-state index in [1.54, 1.807) is 6.07 Å². The number of likely N-dealkylation sites (tertiary alicyclic amines) is 1.